The van der Waals surface area contributed by atoms with Gasteiger partial charge in [0, 0.05) is 12.8 Å². The second-order valence-electron chi connectivity index (χ2n) is 2.18. The van der Waals surface area contributed by atoms with Crippen LogP contribution in [0, 0.1) is 0 Å². The second kappa shape index (κ2) is 5.80. The molecular formula is C8H18N+. The van der Waals surface area contributed by atoms with Crippen molar-refractivity contribution in [1.29, 1.82) is 0 Å². The fraction of sp³-hybridized carbons (Fsp3) is 0.875. The lowest BCUT2D eigenvalue weighted by molar-refractivity contribution is -0.529. The molecule has 9 heavy (non-hydrogen) atoms. The van der Waals surface area contributed by atoms with Crippen LogP contribution in [0.5, 0.6) is 0 Å². The fourth-order valence-electron chi connectivity index (χ4n) is 0.959. The maximum atomic E-state index is 3.83. The molecule has 0 amide bonds. The van der Waals surface area contributed by atoms with Crippen LogP contribution in [0.3, 0.4) is 0 Å². The Hall–Kier alpha value is -0.330. The van der Waals surface area contributed by atoms with Gasteiger partial charge in [-0.2, -0.15) is 0 Å². The Balaban J connectivity index is 0.000000291. The van der Waals surface area contributed by atoms with E-state index in [0.717, 1.165) is 0 Å². The number of rotatable bonds is 0. The topological polar surface area (TPSA) is 3.01 Å². The van der Waals surface area contributed by atoms with Crippen LogP contribution in [-0.4, -0.2) is 24.4 Å². The summed E-state index contributed by atoms with van der Waals surface area (Å²) in [5.41, 5.74) is 0. The Bertz CT molecular complexity index is 68.6. The molecule has 0 aromatic rings. The van der Waals surface area contributed by atoms with E-state index in [2.05, 4.69) is 11.3 Å². The summed E-state index contributed by atoms with van der Waals surface area (Å²) in [5.74, 6) is 0. The monoisotopic (exact) mass is 128 g/mol. The molecule has 0 spiro atoms. The zero-order valence-corrected chi connectivity index (χ0v) is 6.69. The van der Waals surface area contributed by atoms with E-state index >= 15 is 0 Å². The van der Waals surface area contributed by atoms with Crippen LogP contribution in [-0.2, 0) is 0 Å². The Morgan fingerprint density at radius 1 is 1.00 bits per heavy atom. The minimum absolute atomic E-state index is 1.21. The van der Waals surface area contributed by atoms with Crippen molar-refractivity contribution < 1.29 is 4.58 Å². The fourth-order valence-corrected chi connectivity index (χ4v) is 0.959. The quantitative estimate of drug-likeness (QED) is 0.438. The average Bonchev–Trinajstić information content (AvgIpc) is 1.94. The minimum Gasteiger partial charge on any atom is -0.242 e. The molecule has 0 unspecified atom stereocenters. The molecule has 0 radical (unpaired) electrons. The molecule has 0 N–H and O–H groups in total. The maximum absolute atomic E-state index is 3.83. The van der Waals surface area contributed by atoms with Gasteiger partial charge < -0.3 is 0 Å². The summed E-state index contributed by atoms with van der Waals surface area (Å²) in [6.07, 6.45) is 4.11. The van der Waals surface area contributed by atoms with Gasteiger partial charge in [0.1, 0.15) is 19.8 Å². The van der Waals surface area contributed by atoms with Gasteiger partial charge in [0.15, 0.2) is 0 Å². The van der Waals surface area contributed by atoms with Crippen molar-refractivity contribution in [2.24, 2.45) is 0 Å². The first-order valence-corrected chi connectivity index (χ1v) is 3.95. The predicted octanol–water partition coefficient (Wildman–Crippen LogP) is 1.91. The van der Waals surface area contributed by atoms with E-state index in [0.29, 0.717) is 0 Å². The molecule has 0 bridgehead atoms. The van der Waals surface area contributed by atoms with Gasteiger partial charge in [0.05, 0.1) is 0 Å². The van der Waals surface area contributed by atoms with E-state index in [9.17, 15) is 0 Å². The van der Waals surface area contributed by atoms with E-state index in [-0.39, 0.29) is 0 Å². The van der Waals surface area contributed by atoms with Gasteiger partial charge in [-0.15, -0.1) is 0 Å². The normalized spacial score (nSPS) is 18.2. The predicted molar refractivity (Wildman–Crippen MR) is 42.3 cm³/mol. The number of nitrogens with zero attached hydrogens (tertiary/aromatic N) is 1. The molecule has 0 atom stereocenters. The van der Waals surface area contributed by atoms with Crippen molar-refractivity contribution in [3.63, 3.8) is 0 Å². The van der Waals surface area contributed by atoms with E-state index in [1.54, 1.807) is 0 Å². The van der Waals surface area contributed by atoms with Gasteiger partial charge in [0.2, 0.25) is 0 Å². The van der Waals surface area contributed by atoms with Gasteiger partial charge in [-0.1, -0.05) is 13.8 Å². The van der Waals surface area contributed by atoms with Crippen LogP contribution in [0.15, 0.2) is 0 Å². The summed E-state index contributed by atoms with van der Waals surface area (Å²) in [6, 6.07) is 0. The number of piperidine rings is 1. The molecule has 1 heterocycles. The smallest absolute Gasteiger partial charge is 0.142 e. The third-order valence-corrected chi connectivity index (χ3v) is 1.45. The van der Waals surface area contributed by atoms with Crippen LogP contribution >= 0.6 is 0 Å². The van der Waals surface area contributed by atoms with Crippen LogP contribution in [0.25, 0.3) is 0 Å². The van der Waals surface area contributed by atoms with Gasteiger partial charge in [-0.25, -0.2) is 4.58 Å². The van der Waals surface area contributed by atoms with Gasteiger partial charge in [-0.3, -0.25) is 0 Å². The molecule has 0 aromatic heterocycles. The largest absolute Gasteiger partial charge is 0.242 e. The lowest BCUT2D eigenvalue weighted by atomic mass is 10.2. The lowest BCUT2D eigenvalue weighted by Crippen LogP contribution is -2.17. The molecule has 1 nitrogen and oxygen atoms in total. The molecule has 1 heteroatoms. The molecule has 0 aliphatic carbocycles. The lowest BCUT2D eigenvalue weighted by Gasteiger charge is -2.05. The first-order valence-electron chi connectivity index (χ1n) is 3.95. The Labute approximate surface area is 58.4 Å². The molecular weight excluding hydrogens is 110 g/mol. The molecule has 1 aliphatic rings. The summed E-state index contributed by atoms with van der Waals surface area (Å²) >= 11 is 0. The summed E-state index contributed by atoms with van der Waals surface area (Å²) < 4.78 is 2.14. The minimum atomic E-state index is 1.21. The molecule has 1 fully saturated rings. The SMILES string of the molecule is C=[N+]1CCCCC1.CC. The van der Waals surface area contributed by atoms with Crippen molar-refractivity contribution in [3.8, 4) is 0 Å². The first kappa shape index (κ1) is 8.67. The van der Waals surface area contributed by atoms with Crippen molar-refractivity contribution in [1.82, 2.24) is 0 Å². The van der Waals surface area contributed by atoms with Gasteiger partial charge in [0.25, 0.3) is 0 Å². The van der Waals surface area contributed by atoms with Crippen molar-refractivity contribution in [2.45, 2.75) is 33.1 Å². The number of hydrogen-bond donors (Lipinski definition) is 0. The number of hydrogen-bond acceptors (Lipinski definition) is 0. The zero-order valence-electron chi connectivity index (χ0n) is 6.69. The average molecular weight is 128 g/mol. The summed E-state index contributed by atoms with van der Waals surface area (Å²) in [5, 5.41) is 0. The third kappa shape index (κ3) is 4.19. The Morgan fingerprint density at radius 2 is 1.44 bits per heavy atom. The summed E-state index contributed by atoms with van der Waals surface area (Å²) in [6.45, 7) is 10.2. The molecule has 1 saturated heterocycles. The molecule has 1 rings (SSSR count). The highest BCUT2D eigenvalue weighted by Crippen LogP contribution is 2.01. The highest BCUT2D eigenvalue weighted by Gasteiger charge is 2.05. The van der Waals surface area contributed by atoms with Gasteiger partial charge in [-0.05, 0) is 6.42 Å². The second-order valence-corrected chi connectivity index (χ2v) is 2.18. The van der Waals surface area contributed by atoms with Crippen molar-refractivity contribution in [2.75, 3.05) is 13.1 Å². The summed E-state index contributed by atoms with van der Waals surface area (Å²) in [4.78, 5) is 0. The van der Waals surface area contributed by atoms with Crippen LogP contribution in [0.4, 0.5) is 0 Å². The van der Waals surface area contributed by atoms with Crippen LogP contribution in [0.1, 0.15) is 33.1 Å². The third-order valence-electron chi connectivity index (χ3n) is 1.45. The molecule has 54 valence electrons. The van der Waals surface area contributed by atoms with Crippen molar-refractivity contribution in [3.05, 3.63) is 0 Å². The van der Waals surface area contributed by atoms with Crippen LogP contribution < -0.4 is 0 Å². The molecule has 1 aliphatic heterocycles. The van der Waals surface area contributed by atoms with E-state index in [1.807, 2.05) is 13.8 Å². The van der Waals surface area contributed by atoms with E-state index in [4.69, 9.17) is 0 Å². The Morgan fingerprint density at radius 3 is 1.67 bits per heavy atom. The molecule has 0 saturated carbocycles. The maximum Gasteiger partial charge on any atom is 0.142 e. The van der Waals surface area contributed by atoms with Gasteiger partial charge >= 0.3 is 0 Å². The zero-order chi connectivity index (χ0) is 7.11. The van der Waals surface area contributed by atoms with Crippen LogP contribution in [0.2, 0.25) is 0 Å². The molecule has 0 aromatic carbocycles. The standard InChI is InChI=1S/C6H12N.C2H6/c1-7-5-3-2-4-6-7;1-2/h1-6H2;1-2H3/q+1;. The highest BCUT2D eigenvalue weighted by molar-refractivity contribution is 5.14. The highest BCUT2D eigenvalue weighted by atomic mass is 15.0. The van der Waals surface area contributed by atoms with E-state index < -0.39 is 0 Å². The Kier molecular flexibility index (Phi) is 5.59. The van der Waals surface area contributed by atoms with Crippen molar-refractivity contribution >= 4 is 6.72 Å². The first-order chi connectivity index (χ1) is 4.39. The summed E-state index contributed by atoms with van der Waals surface area (Å²) in [7, 11) is 0. The van der Waals surface area contributed by atoms with E-state index in [1.165, 1.54) is 32.4 Å².